The molecule has 1 saturated heterocycles. The molecule has 26 heavy (non-hydrogen) atoms. The van der Waals surface area contributed by atoms with E-state index in [9.17, 15) is 20.2 Å². The summed E-state index contributed by atoms with van der Waals surface area (Å²) in [6, 6.07) is 13.2. The number of non-ortho nitro benzene ring substituents is 1. The number of halogens is 1. The van der Waals surface area contributed by atoms with Crippen LogP contribution in [-0.2, 0) is 0 Å². The molecule has 2 aromatic rings. The third kappa shape index (κ3) is 3.46. The molecule has 132 valence electrons. The Hall–Kier alpha value is -3.11. The van der Waals surface area contributed by atoms with Crippen molar-refractivity contribution >= 4 is 28.9 Å². The number of piperazine rings is 1. The van der Waals surface area contributed by atoms with Crippen LogP contribution in [-0.4, -0.2) is 41.9 Å². The molecule has 0 saturated carbocycles. The van der Waals surface area contributed by atoms with Crippen LogP contribution in [0.2, 0.25) is 5.02 Å². The molecular weight excluding hydrogens is 356 g/mol. The summed E-state index contributed by atoms with van der Waals surface area (Å²) in [5.41, 5.74) is 1.25. The van der Waals surface area contributed by atoms with E-state index in [4.69, 9.17) is 11.6 Å². The summed E-state index contributed by atoms with van der Waals surface area (Å²) in [6.45, 7) is 2.02. The van der Waals surface area contributed by atoms with Gasteiger partial charge in [-0.2, -0.15) is 5.26 Å². The van der Waals surface area contributed by atoms with Gasteiger partial charge in [0.15, 0.2) is 0 Å². The molecule has 0 aliphatic carbocycles. The van der Waals surface area contributed by atoms with Gasteiger partial charge in [-0.1, -0.05) is 23.7 Å². The van der Waals surface area contributed by atoms with Gasteiger partial charge in [-0.05, 0) is 18.2 Å². The van der Waals surface area contributed by atoms with E-state index in [0.717, 1.165) is 0 Å². The number of hydrogen-bond donors (Lipinski definition) is 0. The van der Waals surface area contributed by atoms with Crippen LogP contribution < -0.4 is 4.90 Å². The van der Waals surface area contributed by atoms with Crippen molar-refractivity contribution in [1.29, 1.82) is 5.26 Å². The van der Waals surface area contributed by atoms with Crippen LogP contribution in [0.1, 0.15) is 15.9 Å². The molecule has 0 N–H and O–H groups in total. The first-order valence-corrected chi connectivity index (χ1v) is 8.36. The normalized spacial score (nSPS) is 14.0. The van der Waals surface area contributed by atoms with E-state index in [2.05, 4.69) is 0 Å². The van der Waals surface area contributed by atoms with E-state index >= 15 is 0 Å². The number of hydrogen-bond acceptors (Lipinski definition) is 5. The third-order valence-corrected chi connectivity index (χ3v) is 4.65. The second kappa shape index (κ2) is 7.42. The van der Waals surface area contributed by atoms with E-state index in [1.165, 1.54) is 12.1 Å². The highest BCUT2D eigenvalue weighted by Gasteiger charge is 2.25. The smallest absolute Gasteiger partial charge is 0.270 e. The van der Waals surface area contributed by atoms with Gasteiger partial charge >= 0.3 is 0 Å². The SMILES string of the molecule is N#Cc1cc([N+](=O)[O-])ccc1N1CCN(C(=O)c2ccccc2Cl)CC1. The second-order valence-corrected chi connectivity index (χ2v) is 6.24. The average molecular weight is 371 g/mol. The zero-order valence-electron chi connectivity index (χ0n) is 13.8. The number of nitro benzene ring substituents is 1. The van der Waals surface area contributed by atoms with Gasteiger partial charge in [0.25, 0.3) is 11.6 Å². The molecule has 0 radical (unpaired) electrons. The van der Waals surface area contributed by atoms with Crippen LogP contribution in [0.15, 0.2) is 42.5 Å². The molecule has 0 spiro atoms. The van der Waals surface area contributed by atoms with Crippen LogP contribution >= 0.6 is 11.6 Å². The van der Waals surface area contributed by atoms with Gasteiger partial charge in [-0.3, -0.25) is 14.9 Å². The van der Waals surface area contributed by atoms with E-state index < -0.39 is 4.92 Å². The molecule has 1 amide bonds. The molecule has 2 aromatic carbocycles. The summed E-state index contributed by atoms with van der Waals surface area (Å²) in [7, 11) is 0. The molecule has 1 fully saturated rings. The molecule has 7 nitrogen and oxygen atoms in total. The summed E-state index contributed by atoms with van der Waals surface area (Å²) < 4.78 is 0. The van der Waals surface area contributed by atoms with Crippen molar-refractivity contribution in [2.75, 3.05) is 31.1 Å². The molecule has 0 aromatic heterocycles. The topological polar surface area (TPSA) is 90.5 Å². The first kappa shape index (κ1) is 17.7. The van der Waals surface area contributed by atoms with Gasteiger partial charge in [-0.25, -0.2) is 0 Å². The highest BCUT2D eigenvalue weighted by Crippen LogP contribution is 2.26. The van der Waals surface area contributed by atoms with Crippen molar-refractivity contribution in [2.45, 2.75) is 0 Å². The summed E-state index contributed by atoms with van der Waals surface area (Å²) >= 11 is 6.09. The number of amides is 1. The van der Waals surface area contributed by atoms with Crippen molar-refractivity contribution < 1.29 is 9.72 Å². The van der Waals surface area contributed by atoms with E-state index in [0.29, 0.717) is 42.5 Å². The minimum Gasteiger partial charge on any atom is -0.367 e. The Morgan fingerprint density at radius 1 is 1.15 bits per heavy atom. The molecule has 1 aliphatic heterocycles. The summed E-state index contributed by atoms with van der Waals surface area (Å²) in [5, 5.41) is 20.6. The molecule has 0 unspecified atom stereocenters. The first-order chi connectivity index (χ1) is 12.5. The van der Waals surface area contributed by atoms with Crippen molar-refractivity contribution in [1.82, 2.24) is 4.90 Å². The third-order valence-electron chi connectivity index (χ3n) is 4.32. The molecule has 1 aliphatic rings. The molecule has 3 rings (SSSR count). The maximum absolute atomic E-state index is 12.6. The highest BCUT2D eigenvalue weighted by molar-refractivity contribution is 6.33. The van der Waals surface area contributed by atoms with Crippen molar-refractivity contribution in [3.8, 4) is 6.07 Å². The van der Waals surface area contributed by atoms with Crippen LogP contribution in [0.5, 0.6) is 0 Å². The zero-order valence-corrected chi connectivity index (χ0v) is 14.5. The highest BCUT2D eigenvalue weighted by atomic mass is 35.5. The second-order valence-electron chi connectivity index (χ2n) is 5.83. The van der Waals surface area contributed by atoms with Crippen LogP contribution in [0.25, 0.3) is 0 Å². The molecule has 0 bridgehead atoms. The van der Waals surface area contributed by atoms with E-state index in [1.54, 1.807) is 35.2 Å². The monoisotopic (exact) mass is 370 g/mol. The number of carbonyl (C=O) groups is 1. The number of nitrogens with zero attached hydrogens (tertiary/aromatic N) is 4. The lowest BCUT2D eigenvalue weighted by Gasteiger charge is -2.36. The van der Waals surface area contributed by atoms with Crippen LogP contribution in [0, 0.1) is 21.4 Å². The Morgan fingerprint density at radius 2 is 1.85 bits per heavy atom. The van der Waals surface area contributed by atoms with Gasteiger partial charge < -0.3 is 9.80 Å². The zero-order chi connectivity index (χ0) is 18.7. The Kier molecular flexibility index (Phi) is 5.05. The van der Waals surface area contributed by atoms with E-state index in [-0.39, 0.29) is 17.2 Å². The number of benzene rings is 2. The molecule has 0 atom stereocenters. The lowest BCUT2D eigenvalue weighted by atomic mass is 10.1. The Labute approximate surface area is 155 Å². The fourth-order valence-electron chi connectivity index (χ4n) is 2.96. The van der Waals surface area contributed by atoms with Gasteiger partial charge in [0.2, 0.25) is 0 Å². The Bertz CT molecular complexity index is 902. The van der Waals surface area contributed by atoms with Crippen molar-refractivity contribution in [2.24, 2.45) is 0 Å². The maximum atomic E-state index is 12.6. The Balaban J connectivity index is 1.73. The number of rotatable bonds is 3. The van der Waals surface area contributed by atoms with Gasteiger partial charge in [0.1, 0.15) is 6.07 Å². The van der Waals surface area contributed by atoms with Gasteiger partial charge in [0.05, 0.1) is 26.8 Å². The first-order valence-electron chi connectivity index (χ1n) is 7.98. The molecule has 1 heterocycles. The van der Waals surface area contributed by atoms with Gasteiger partial charge in [0, 0.05) is 38.3 Å². The van der Waals surface area contributed by atoms with Gasteiger partial charge in [-0.15, -0.1) is 0 Å². The Morgan fingerprint density at radius 3 is 2.46 bits per heavy atom. The number of carbonyl (C=O) groups excluding carboxylic acids is 1. The standard InChI is InChI=1S/C18H15ClN4O3/c19-16-4-2-1-3-15(16)18(24)22-9-7-21(8-10-22)17-6-5-14(23(25)26)11-13(17)12-20/h1-6,11H,7-10H2. The summed E-state index contributed by atoms with van der Waals surface area (Å²) in [5.74, 6) is -0.126. The van der Waals surface area contributed by atoms with Crippen LogP contribution in [0.4, 0.5) is 11.4 Å². The lowest BCUT2D eigenvalue weighted by molar-refractivity contribution is -0.384. The predicted octanol–water partition coefficient (Wildman–Crippen LogP) is 3.08. The number of nitriles is 1. The van der Waals surface area contributed by atoms with Crippen molar-refractivity contribution in [3.63, 3.8) is 0 Å². The summed E-state index contributed by atoms with van der Waals surface area (Å²) in [4.78, 5) is 26.6. The molecule has 8 heteroatoms. The summed E-state index contributed by atoms with van der Waals surface area (Å²) in [6.07, 6.45) is 0. The van der Waals surface area contributed by atoms with Crippen LogP contribution in [0.3, 0.4) is 0 Å². The lowest BCUT2D eigenvalue weighted by Crippen LogP contribution is -2.49. The predicted molar refractivity (Wildman–Crippen MR) is 97.4 cm³/mol. The average Bonchev–Trinajstić information content (AvgIpc) is 2.67. The maximum Gasteiger partial charge on any atom is 0.270 e. The molecular formula is C18H15ClN4O3. The van der Waals surface area contributed by atoms with Crippen molar-refractivity contribution in [3.05, 3.63) is 68.7 Å². The largest absolute Gasteiger partial charge is 0.367 e. The number of nitro groups is 1. The fraction of sp³-hybridized carbons (Fsp3) is 0.222. The van der Waals surface area contributed by atoms with E-state index in [1.807, 2.05) is 11.0 Å². The minimum absolute atomic E-state index is 0.113. The quantitative estimate of drug-likeness (QED) is 0.611. The fourth-order valence-corrected chi connectivity index (χ4v) is 3.17. The minimum atomic E-state index is -0.523. The number of anilines is 1.